The minimum atomic E-state index is -1.13. The largest absolute Gasteiger partial charge is 0.480 e. The van der Waals surface area contributed by atoms with Crippen molar-refractivity contribution >= 4 is 12.0 Å². The molecule has 0 saturated carbocycles. The van der Waals surface area contributed by atoms with Crippen molar-refractivity contribution in [3.8, 4) is 0 Å². The Morgan fingerprint density at radius 3 is 2.35 bits per heavy atom. The molecular weight excluding hydrogens is 260 g/mol. The molecule has 0 aromatic heterocycles. The number of amides is 2. The number of urea groups is 1. The van der Waals surface area contributed by atoms with E-state index in [0.717, 1.165) is 19.3 Å². The van der Waals surface area contributed by atoms with Gasteiger partial charge in [0.15, 0.2) is 0 Å². The van der Waals surface area contributed by atoms with Gasteiger partial charge in [-0.1, -0.05) is 0 Å². The molecular formula is C14H24N2O4. The third-order valence-corrected chi connectivity index (χ3v) is 4.53. The lowest BCUT2D eigenvalue weighted by Crippen LogP contribution is -2.62. The predicted molar refractivity (Wildman–Crippen MR) is 73.4 cm³/mol. The van der Waals surface area contributed by atoms with E-state index in [1.165, 1.54) is 4.90 Å². The van der Waals surface area contributed by atoms with Crippen LogP contribution in [0.5, 0.6) is 0 Å². The van der Waals surface area contributed by atoms with Crippen LogP contribution in [0.4, 0.5) is 4.79 Å². The van der Waals surface area contributed by atoms with Crippen LogP contribution in [0.1, 0.15) is 46.0 Å². The van der Waals surface area contributed by atoms with Gasteiger partial charge >= 0.3 is 12.0 Å². The second-order valence-corrected chi connectivity index (χ2v) is 6.49. The molecule has 2 atom stereocenters. The molecule has 6 heteroatoms. The van der Waals surface area contributed by atoms with Crippen molar-refractivity contribution in [1.29, 1.82) is 0 Å². The topological polar surface area (TPSA) is 81.1 Å². The maximum atomic E-state index is 12.6. The van der Waals surface area contributed by atoms with Crippen LogP contribution < -0.4 is 0 Å². The Kier molecular flexibility index (Phi) is 3.95. The number of aliphatic hydroxyl groups is 1. The number of aliphatic carboxylic acids is 1. The van der Waals surface area contributed by atoms with E-state index in [9.17, 15) is 19.8 Å². The van der Waals surface area contributed by atoms with Gasteiger partial charge in [-0.3, -0.25) is 0 Å². The molecule has 20 heavy (non-hydrogen) atoms. The van der Waals surface area contributed by atoms with Crippen molar-refractivity contribution < 1.29 is 19.8 Å². The van der Waals surface area contributed by atoms with E-state index >= 15 is 0 Å². The highest BCUT2D eigenvalue weighted by Gasteiger charge is 2.46. The third kappa shape index (κ3) is 2.75. The van der Waals surface area contributed by atoms with Crippen LogP contribution in [0.25, 0.3) is 0 Å². The number of hydrogen-bond donors (Lipinski definition) is 2. The molecule has 2 rings (SSSR count). The highest BCUT2D eigenvalue weighted by Crippen LogP contribution is 2.31. The van der Waals surface area contributed by atoms with Gasteiger partial charge in [-0.05, 0) is 46.0 Å². The lowest BCUT2D eigenvalue weighted by Gasteiger charge is -2.46. The Hall–Kier alpha value is -1.30. The molecule has 2 unspecified atom stereocenters. The Bertz CT molecular complexity index is 410. The maximum Gasteiger partial charge on any atom is 0.329 e. The molecule has 2 aliphatic rings. The van der Waals surface area contributed by atoms with Crippen molar-refractivity contribution in [1.82, 2.24) is 9.80 Å². The van der Waals surface area contributed by atoms with Crippen LogP contribution in [-0.2, 0) is 4.79 Å². The first kappa shape index (κ1) is 15.1. The molecule has 6 nitrogen and oxygen atoms in total. The van der Waals surface area contributed by atoms with E-state index in [4.69, 9.17) is 0 Å². The average Bonchev–Trinajstić information content (AvgIpc) is 2.37. The van der Waals surface area contributed by atoms with E-state index in [-0.39, 0.29) is 12.6 Å². The molecule has 2 saturated heterocycles. The first-order valence-corrected chi connectivity index (χ1v) is 7.29. The summed E-state index contributed by atoms with van der Waals surface area (Å²) in [6.45, 7) is 4.67. The van der Waals surface area contributed by atoms with Crippen molar-refractivity contribution in [2.24, 2.45) is 0 Å². The van der Waals surface area contributed by atoms with Crippen molar-refractivity contribution in [2.45, 2.75) is 57.1 Å². The fourth-order valence-corrected chi connectivity index (χ4v) is 3.20. The number of carboxylic acid groups (broad SMARTS) is 1. The summed E-state index contributed by atoms with van der Waals surface area (Å²) in [6.07, 6.45) is 3.56. The van der Waals surface area contributed by atoms with Gasteiger partial charge < -0.3 is 20.0 Å². The van der Waals surface area contributed by atoms with Gasteiger partial charge in [0.2, 0.25) is 0 Å². The lowest BCUT2D eigenvalue weighted by molar-refractivity contribution is -0.151. The first-order chi connectivity index (χ1) is 9.26. The summed E-state index contributed by atoms with van der Waals surface area (Å²) in [5, 5.41) is 19.6. The average molecular weight is 284 g/mol. The third-order valence-electron chi connectivity index (χ3n) is 4.53. The highest BCUT2D eigenvalue weighted by atomic mass is 16.4. The maximum absolute atomic E-state index is 12.6. The van der Waals surface area contributed by atoms with Crippen molar-refractivity contribution in [2.75, 3.05) is 19.6 Å². The summed E-state index contributed by atoms with van der Waals surface area (Å²) in [5.41, 5.74) is -2.00. The first-order valence-electron chi connectivity index (χ1n) is 7.29. The van der Waals surface area contributed by atoms with Crippen LogP contribution in [0.3, 0.4) is 0 Å². The number of likely N-dealkylation sites (tertiary alicyclic amines) is 2. The zero-order chi connectivity index (χ0) is 15.0. The fraction of sp³-hybridized carbons (Fsp3) is 0.857. The van der Waals surface area contributed by atoms with Crippen LogP contribution in [0.15, 0.2) is 0 Å². The molecule has 2 N–H and O–H groups in total. The highest BCUT2D eigenvalue weighted by molar-refractivity contribution is 5.86. The van der Waals surface area contributed by atoms with Gasteiger partial charge in [-0.15, -0.1) is 0 Å². The van der Waals surface area contributed by atoms with Crippen LogP contribution in [0.2, 0.25) is 0 Å². The molecule has 2 fully saturated rings. The summed E-state index contributed by atoms with van der Waals surface area (Å²) in [7, 11) is 0. The number of carbonyl (C=O) groups excluding carboxylic acids is 1. The van der Waals surface area contributed by atoms with E-state index in [2.05, 4.69) is 0 Å². The number of carbonyl (C=O) groups is 2. The van der Waals surface area contributed by atoms with E-state index < -0.39 is 17.1 Å². The number of hydrogen-bond acceptors (Lipinski definition) is 3. The molecule has 2 heterocycles. The van der Waals surface area contributed by atoms with Gasteiger partial charge in [0.25, 0.3) is 0 Å². The van der Waals surface area contributed by atoms with E-state index in [1.54, 1.807) is 18.7 Å². The van der Waals surface area contributed by atoms with Gasteiger partial charge in [-0.25, -0.2) is 9.59 Å². The zero-order valence-corrected chi connectivity index (χ0v) is 12.3. The number of carboxylic acids is 1. The Labute approximate surface area is 119 Å². The van der Waals surface area contributed by atoms with Crippen molar-refractivity contribution in [3.63, 3.8) is 0 Å². The Balaban J connectivity index is 2.16. The minimum Gasteiger partial charge on any atom is -0.480 e. The smallest absolute Gasteiger partial charge is 0.329 e. The van der Waals surface area contributed by atoms with Gasteiger partial charge in [0, 0.05) is 13.1 Å². The Morgan fingerprint density at radius 2 is 1.75 bits per heavy atom. The monoisotopic (exact) mass is 284 g/mol. The molecule has 0 radical (unpaired) electrons. The van der Waals surface area contributed by atoms with Crippen molar-refractivity contribution in [3.05, 3.63) is 0 Å². The molecule has 0 aromatic rings. The predicted octanol–water partition coefficient (Wildman–Crippen LogP) is 1.28. The molecule has 0 bridgehead atoms. The number of rotatable bonds is 1. The SMILES string of the molecule is CC1(O)CCCN(C(=O)N2CCCCC2(C)C(=O)O)C1. The van der Waals surface area contributed by atoms with E-state index in [1.807, 2.05) is 0 Å². The molecule has 0 aromatic carbocycles. The van der Waals surface area contributed by atoms with Gasteiger partial charge in [0.1, 0.15) is 5.54 Å². The molecule has 2 aliphatic heterocycles. The fourth-order valence-electron chi connectivity index (χ4n) is 3.20. The van der Waals surface area contributed by atoms with Gasteiger partial charge in [0.05, 0.1) is 12.1 Å². The minimum absolute atomic E-state index is 0.255. The summed E-state index contributed by atoms with van der Waals surface area (Å²) < 4.78 is 0. The number of nitrogens with zero attached hydrogens (tertiary/aromatic N) is 2. The molecule has 0 aliphatic carbocycles. The summed E-state index contributed by atoms with van der Waals surface area (Å²) in [5.74, 6) is -0.950. The van der Waals surface area contributed by atoms with Crippen LogP contribution in [-0.4, -0.2) is 62.8 Å². The summed E-state index contributed by atoms with van der Waals surface area (Å²) in [6, 6.07) is -0.255. The summed E-state index contributed by atoms with van der Waals surface area (Å²) >= 11 is 0. The molecule has 2 amide bonds. The van der Waals surface area contributed by atoms with E-state index in [0.29, 0.717) is 25.9 Å². The second-order valence-electron chi connectivity index (χ2n) is 6.49. The Morgan fingerprint density at radius 1 is 1.05 bits per heavy atom. The number of piperidine rings is 2. The normalized spacial score (nSPS) is 35.0. The zero-order valence-electron chi connectivity index (χ0n) is 12.3. The second kappa shape index (κ2) is 5.24. The molecule has 114 valence electrons. The van der Waals surface area contributed by atoms with Crippen LogP contribution >= 0.6 is 0 Å². The standard InChI is InChI=1S/C14H24N2O4/c1-13(20)6-5-8-15(10-13)12(19)16-9-4-3-7-14(16,2)11(17)18/h20H,3-10H2,1-2H3,(H,17,18). The quantitative estimate of drug-likeness (QED) is 0.760. The van der Waals surface area contributed by atoms with Gasteiger partial charge in [-0.2, -0.15) is 0 Å². The summed E-state index contributed by atoms with van der Waals surface area (Å²) in [4.78, 5) is 27.2. The lowest BCUT2D eigenvalue weighted by atomic mass is 9.88. The van der Waals surface area contributed by atoms with Crippen LogP contribution in [0, 0.1) is 0 Å². The number of β-amino-alcohol motifs (C(OH)–C–C–N with tert-alkyl or cyclic N) is 1. The molecule has 0 spiro atoms.